The van der Waals surface area contributed by atoms with Crippen LogP contribution in [0.1, 0.15) is 63.7 Å². The van der Waals surface area contributed by atoms with Crippen LogP contribution in [-0.2, 0) is 16.1 Å². The number of likely N-dealkylation sites (tertiary alicyclic amines) is 1. The third-order valence-electron chi connectivity index (χ3n) is 7.37. The first kappa shape index (κ1) is 29.9. The van der Waals surface area contributed by atoms with Crippen molar-refractivity contribution in [2.24, 2.45) is 17.6 Å². The van der Waals surface area contributed by atoms with Crippen molar-refractivity contribution in [2.75, 3.05) is 13.7 Å². The highest BCUT2D eigenvalue weighted by atomic mass is 16.5. The lowest BCUT2D eigenvalue weighted by Crippen LogP contribution is -2.70. The molecule has 0 saturated carbocycles. The van der Waals surface area contributed by atoms with E-state index in [2.05, 4.69) is 5.10 Å². The van der Waals surface area contributed by atoms with Gasteiger partial charge in [0.05, 0.1) is 20.2 Å². The number of imide groups is 2. The highest BCUT2D eigenvalue weighted by molar-refractivity contribution is 6.03. The zero-order chi connectivity index (χ0) is 29.1. The maximum atomic E-state index is 14.3. The average Bonchev–Trinajstić information content (AvgIpc) is 3.48. The number of rotatable bonds is 8. The second kappa shape index (κ2) is 12.0. The van der Waals surface area contributed by atoms with Gasteiger partial charge in [-0.05, 0) is 24.3 Å². The summed E-state index contributed by atoms with van der Waals surface area (Å²) >= 11 is 0. The first-order valence-corrected chi connectivity index (χ1v) is 13.1. The van der Waals surface area contributed by atoms with Crippen LogP contribution in [0.4, 0.5) is 9.59 Å². The number of aromatic nitrogens is 2. The lowest BCUT2D eigenvalue weighted by Gasteiger charge is -2.40. The Labute approximate surface area is 227 Å². The number of hydrogen-bond donors (Lipinski definition) is 1. The maximum Gasteiger partial charge on any atom is 0.437 e. The SMILES string of the molecule is COC(=O)N(C(=O)[N+]1(C(=O)[C@@H](N)C(C)C)CCC[C@H]1C)[C@H](C(=O)c1nn(Cc2ccccc2)c(=O)o1)C(C)C. The fraction of sp³-hybridized carbons (Fsp3) is 0.556. The molecule has 1 aliphatic rings. The molecule has 12 nitrogen and oxygen atoms in total. The molecule has 0 aliphatic carbocycles. The van der Waals surface area contributed by atoms with Gasteiger partial charge in [-0.2, -0.15) is 14.1 Å². The molecule has 0 spiro atoms. The molecule has 212 valence electrons. The number of ether oxygens (including phenoxy) is 1. The second-order valence-corrected chi connectivity index (χ2v) is 10.7. The summed E-state index contributed by atoms with van der Waals surface area (Å²) in [5.74, 6) is -3.71. The first-order chi connectivity index (χ1) is 18.4. The minimum absolute atomic E-state index is 0.0571. The Morgan fingerprint density at radius 3 is 2.31 bits per heavy atom. The van der Waals surface area contributed by atoms with Gasteiger partial charge in [-0.3, -0.25) is 4.79 Å². The van der Waals surface area contributed by atoms with Crippen LogP contribution in [-0.4, -0.2) is 74.8 Å². The van der Waals surface area contributed by atoms with Gasteiger partial charge in [0.2, 0.25) is 5.78 Å². The van der Waals surface area contributed by atoms with Crippen LogP contribution < -0.4 is 11.5 Å². The molecule has 1 saturated heterocycles. The smallest absolute Gasteiger partial charge is 0.437 e. The molecule has 1 fully saturated rings. The lowest BCUT2D eigenvalue weighted by molar-refractivity contribution is -0.788. The van der Waals surface area contributed by atoms with E-state index >= 15 is 0 Å². The third kappa shape index (κ3) is 5.71. The number of nitrogens with zero attached hydrogens (tertiary/aromatic N) is 4. The summed E-state index contributed by atoms with van der Waals surface area (Å²) in [6.45, 7) is 8.75. The van der Waals surface area contributed by atoms with E-state index in [4.69, 9.17) is 14.9 Å². The van der Waals surface area contributed by atoms with Gasteiger partial charge in [0, 0.05) is 12.8 Å². The predicted molar refractivity (Wildman–Crippen MR) is 141 cm³/mol. The number of quaternary nitrogens is 1. The molecular formula is C27H38N5O7+. The van der Waals surface area contributed by atoms with E-state index in [-0.39, 0.29) is 19.0 Å². The number of carbonyl (C=O) groups is 4. The minimum Gasteiger partial charge on any atom is -0.452 e. The van der Waals surface area contributed by atoms with E-state index in [1.807, 2.05) is 6.07 Å². The minimum atomic E-state index is -1.46. The summed E-state index contributed by atoms with van der Waals surface area (Å²) in [6.07, 6.45) is -0.00546. The summed E-state index contributed by atoms with van der Waals surface area (Å²) in [4.78, 5) is 68.1. The molecule has 3 rings (SSSR count). The zero-order valence-electron chi connectivity index (χ0n) is 23.3. The van der Waals surface area contributed by atoms with Crippen LogP contribution in [0.5, 0.6) is 0 Å². The highest BCUT2D eigenvalue weighted by Crippen LogP contribution is 2.33. The fourth-order valence-electron chi connectivity index (χ4n) is 5.04. The molecule has 1 aromatic heterocycles. The number of benzene rings is 1. The lowest BCUT2D eigenvalue weighted by atomic mass is 9.97. The topological polar surface area (TPSA) is 155 Å². The number of ketones is 1. The van der Waals surface area contributed by atoms with Crippen LogP contribution >= 0.6 is 0 Å². The molecule has 4 amide bonds. The molecule has 2 aromatic rings. The van der Waals surface area contributed by atoms with Crippen molar-refractivity contribution in [2.45, 2.75) is 72.1 Å². The van der Waals surface area contributed by atoms with Crippen molar-refractivity contribution in [1.82, 2.24) is 14.7 Å². The first-order valence-electron chi connectivity index (χ1n) is 13.1. The Balaban J connectivity index is 2.06. The van der Waals surface area contributed by atoms with E-state index in [0.717, 1.165) is 17.4 Å². The number of amides is 4. The molecule has 0 radical (unpaired) electrons. The van der Waals surface area contributed by atoms with Gasteiger partial charge >= 0.3 is 23.8 Å². The Morgan fingerprint density at radius 1 is 1.15 bits per heavy atom. The molecular weight excluding hydrogens is 506 g/mol. The summed E-state index contributed by atoms with van der Waals surface area (Å²) in [6, 6.07) is 5.20. The zero-order valence-corrected chi connectivity index (χ0v) is 23.3. The summed E-state index contributed by atoms with van der Waals surface area (Å²) in [5.41, 5.74) is 6.98. The predicted octanol–water partition coefficient (Wildman–Crippen LogP) is 2.79. The van der Waals surface area contributed by atoms with Crippen molar-refractivity contribution in [3.63, 3.8) is 0 Å². The van der Waals surface area contributed by atoms with Gasteiger partial charge in [-0.25, -0.2) is 19.2 Å². The summed E-state index contributed by atoms with van der Waals surface area (Å²) < 4.78 is 10.4. The number of Topliss-reactive ketones (excluding diaryl/α,β-unsaturated/α-hetero) is 1. The average molecular weight is 545 g/mol. The molecule has 2 heterocycles. The van der Waals surface area contributed by atoms with Gasteiger partial charge in [-0.1, -0.05) is 58.0 Å². The second-order valence-electron chi connectivity index (χ2n) is 10.7. The molecule has 1 aliphatic heterocycles. The normalized spacial score (nSPS) is 20.6. The van der Waals surface area contributed by atoms with Gasteiger partial charge in [-0.15, -0.1) is 5.10 Å². The van der Waals surface area contributed by atoms with E-state index in [0.29, 0.717) is 17.7 Å². The largest absolute Gasteiger partial charge is 0.452 e. The Morgan fingerprint density at radius 2 is 1.79 bits per heavy atom. The number of methoxy groups -OCH3 is 1. The van der Waals surface area contributed by atoms with Gasteiger partial charge in [0.1, 0.15) is 18.1 Å². The quantitative estimate of drug-likeness (QED) is 0.390. The monoisotopic (exact) mass is 544 g/mol. The Kier molecular flexibility index (Phi) is 9.23. The molecule has 12 heteroatoms. The summed E-state index contributed by atoms with van der Waals surface area (Å²) in [5, 5.41) is 4.06. The molecule has 1 aromatic carbocycles. The van der Waals surface area contributed by atoms with Gasteiger partial charge < -0.3 is 14.9 Å². The van der Waals surface area contributed by atoms with Crippen molar-refractivity contribution in [1.29, 1.82) is 0 Å². The van der Waals surface area contributed by atoms with Crippen molar-refractivity contribution < 1.29 is 32.8 Å². The highest BCUT2D eigenvalue weighted by Gasteiger charge is 2.59. The van der Waals surface area contributed by atoms with Crippen LogP contribution in [0.15, 0.2) is 39.5 Å². The Hall–Kier alpha value is -3.64. The number of urea groups is 1. The molecule has 1 unspecified atom stereocenters. The molecule has 4 atom stereocenters. The molecule has 0 bridgehead atoms. The van der Waals surface area contributed by atoms with E-state index in [1.165, 1.54) is 0 Å². The van der Waals surface area contributed by atoms with Gasteiger partial charge in [0.15, 0.2) is 0 Å². The number of hydrogen-bond acceptors (Lipinski definition) is 9. The number of carbonyl (C=O) groups excluding carboxylic acids is 4. The fourth-order valence-corrected chi connectivity index (χ4v) is 5.04. The maximum absolute atomic E-state index is 14.3. The van der Waals surface area contributed by atoms with Crippen molar-refractivity contribution >= 4 is 23.8 Å². The number of nitrogens with two attached hydrogens (primary N) is 1. The van der Waals surface area contributed by atoms with E-state index < -0.39 is 64.0 Å². The van der Waals surface area contributed by atoms with E-state index in [1.54, 1.807) is 58.9 Å². The van der Waals surface area contributed by atoms with Crippen molar-refractivity contribution in [3.8, 4) is 0 Å². The van der Waals surface area contributed by atoms with E-state index in [9.17, 15) is 24.0 Å². The van der Waals surface area contributed by atoms with Crippen LogP contribution in [0.25, 0.3) is 0 Å². The molecule has 2 N–H and O–H groups in total. The van der Waals surface area contributed by atoms with Crippen LogP contribution in [0.3, 0.4) is 0 Å². The Bertz CT molecular complexity index is 1270. The van der Waals surface area contributed by atoms with Gasteiger partial charge in [0.25, 0.3) is 5.89 Å². The third-order valence-corrected chi connectivity index (χ3v) is 7.37. The van der Waals surface area contributed by atoms with Crippen LogP contribution in [0.2, 0.25) is 0 Å². The van der Waals surface area contributed by atoms with Crippen LogP contribution in [0, 0.1) is 11.8 Å². The van der Waals surface area contributed by atoms with Crippen molar-refractivity contribution in [3.05, 3.63) is 52.3 Å². The standard InChI is InChI=1S/C27H38N5O7/c1-16(2)20(28)24(34)32(14-10-11-18(32)5)25(35)31(27(37)38-6)21(17(3)4)22(33)23-29-30(26(36)39-23)15-19-12-8-7-9-13-19/h7-9,12-13,16-18,20-21H,10-11,14-15,28H2,1-6H3/q+1/t18-,20+,21+,32?/m1/s1. The molecule has 39 heavy (non-hydrogen) atoms. The summed E-state index contributed by atoms with van der Waals surface area (Å²) in [7, 11) is 1.08.